The van der Waals surface area contributed by atoms with Gasteiger partial charge in [-0.1, -0.05) is 55.5 Å². The van der Waals surface area contributed by atoms with Gasteiger partial charge < -0.3 is 5.11 Å². The van der Waals surface area contributed by atoms with E-state index in [1.165, 1.54) is 22.3 Å². The Bertz CT molecular complexity index is 526. The van der Waals surface area contributed by atoms with Crippen LogP contribution < -0.4 is 0 Å². The van der Waals surface area contributed by atoms with Crippen LogP contribution in [0.4, 0.5) is 0 Å². The summed E-state index contributed by atoms with van der Waals surface area (Å²) in [4.78, 5) is 0. The second kappa shape index (κ2) is 5.18. The van der Waals surface area contributed by atoms with Crippen LogP contribution in [0.25, 0.3) is 0 Å². The molecule has 0 amide bonds. The highest BCUT2D eigenvalue weighted by molar-refractivity contribution is 5.45. The Morgan fingerprint density at radius 1 is 0.947 bits per heavy atom. The van der Waals surface area contributed by atoms with Crippen LogP contribution in [0.3, 0.4) is 0 Å². The molecule has 98 valence electrons. The van der Waals surface area contributed by atoms with E-state index in [1.54, 1.807) is 0 Å². The largest absolute Gasteiger partial charge is 0.392 e. The van der Waals surface area contributed by atoms with Crippen molar-refractivity contribution in [2.75, 3.05) is 0 Å². The van der Waals surface area contributed by atoms with Gasteiger partial charge in [0.1, 0.15) is 0 Å². The van der Waals surface area contributed by atoms with Crippen molar-refractivity contribution in [2.45, 2.75) is 38.2 Å². The molecule has 0 aliphatic heterocycles. The number of aliphatic hydroxyl groups excluding tert-OH is 1. The van der Waals surface area contributed by atoms with Crippen molar-refractivity contribution < 1.29 is 5.11 Å². The summed E-state index contributed by atoms with van der Waals surface area (Å²) in [5.41, 5.74) is 5.39. The normalized spacial score (nSPS) is 16.3. The zero-order valence-electron chi connectivity index (χ0n) is 11.3. The van der Waals surface area contributed by atoms with Crippen molar-refractivity contribution in [3.8, 4) is 0 Å². The van der Waals surface area contributed by atoms with Crippen molar-refractivity contribution >= 4 is 0 Å². The number of rotatable bonds is 2. The summed E-state index contributed by atoms with van der Waals surface area (Å²) in [6, 6.07) is 17.1. The van der Waals surface area contributed by atoms with E-state index in [4.69, 9.17) is 0 Å². The van der Waals surface area contributed by atoms with Crippen LogP contribution in [-0.2, 0) is 12.8 Å². The Hall–Kier alpha value is -1.60. The second-order valence-corrected chi connectivity index (χ2v) is 5.35. The maximum Gasteiger partial charge on any atom is 0.0646 e. The van der Waals surface area contributed by atoms with E-state index >= 15 is 0 Å². The summed E-state index contributed by atoms with van der Waals surface area (Å²) in [6.45, 7) is 2.06. The molecule has 1 nitrogen and oxygen atoms in total. The van der Waals surface area contributed by atoms with E-state index in [1.807, 2.05) is 0 Å². The molecule has 0 saturated heterocycles. The monoisotopic (exact) mass is 252 g/mol. The third-order valence-corrected chi connectivity index (χ3v) is 4.25. The van der Waals surface area contributed by atoms with E-state index in [2.05, 4.69) is 55.5 Å². The molecule has 0 aromatic heterocycles. The summed E-state index contributed by atoms with van der Waals surface area (Å²) in [7, 11) is 0. The topological polar surface area (TPSA) is 20.2 Å². The molecule has 2 aromatic carbocycles. The highest BCUT2D eigenvalue weighted by Crippen LogP contribution is 2.37. The third kappa shape index (κ3) is 2.19. The third-order valence-electron chi connectivity index (χ3n) is 4.25. The lowest BCUT2D eigenvalue weighted by Gasteiger charge is -2.24. The highest BCUT2D eigenvalue weighted by Gasteiger charge is 2.27. The molecule has 1 aliphatic rings. The average Bonchev–Trinajstić information content (AvgIpc) is 2.63. The maximum absolute atomic E-state index is 10.5. The van der Waals surface area contributed by atoms with Gasteiger partial charge in [0, 0.05) is 5.92 Å². The van der Waals surface area contributed by atoms with Crippen LogP contribution in [0.15, 0.2) is 48.5 Å². The first kappa shape index (κ1) is 12.4. The van der Waals surface area contributed by atoms with Gasteiger partial charge in [-0.3, -0.25) is 0 Å². The number of benzene rings is 2. The van der Waals surface area contributed by atoms with Gasteiger partial charge in [0.2, 0.25) is 0 Å². The van der Waals surface area contributed by atoms with Gasteiger partial charge in [-0.15, -0.1) is 0 Å². The number of fused-ring (bicyclic) bond motifs is 2. The first-order chi connectivity index (χ1) is 9.31. The maximum atomic E-state index is 10.5. The molecule has 1 N–H and O–H groups in total. The van der Waals surface area contributed by atoms with Crippen LogP contribution in [0, 0.1) is 0 Å². The Kier molecular flexibility index (Phi) is 3.39. The molecule has 0 spiro atoms. The van der Waals surface area contributed by atoms with Crippen molar-refractivity contribution in [1.29, 1.82) is 0 Å². The Balaban J connectivity index is 2.19. The molecule has 0 saturated carbocycles. The molecule has 0 radical (unpaired) electrons. The molecule has 1 aliphatic carbocycles. The fourth-order valence-corrected chi connectivity index (χ4v) is 3.22. The molecular weight excluding hydrogens is 232 g/mol. The zero-order valence-corrected chi connectivity index (χ0v) is 11.3. The van der Waals surface area contributed by atoms with Crippen molar-refractivity contribution in [1.82, 2.24) is 0 Å². The second-order valence-electron chi connectivity index (χ2n) is 5.35. The van der Waals surface area contributed by atoms with Gasteiger partial charge in [0.05, 0.1) is 6.10 Å². The van der Waals surface area contributed by atoms with Crippen LogP contribution in [0.2, 0.25) is 0 Å². The van der Waals surface area contributed by atoms with Crippen LogP contribution in [0.5, 0.6) is 0 Å². The molecule has 0 fully saturated rings. The van der Waals surface area contributed by atoms with Gasteiger partial charge in [0.15, 0.2) is 0 Å². The lowest BCUT2D eigenvalue weighted by molar-refractivity contribution is 0.152. The molecular formula is C18H20O. The van der Waals surface area contributed by atoms with E-state index in [0.717, 1.165) is 19.3 Å². The summed E-state index contributed by atoms with van der Waals surface area (Å²) in [6.07, 6.45) is 2.62. The van der Waals surface area contributed by atoms with E-state index < -0.39 is 0 Å². The first-order valence-corrected chi connectivity index (χ1v) is 7.15. The SMILES string of the molecule is CCC(O)C1c2ccccc2CCc2ccccc21. The Morgan fingerprint density at radius 2 is 1.42 bits per heavy atom. The van der Waals surface area contributed by atoms with Crippen LogP contribution in [-0.4, -0.2) is 11.2 Å². The zero-order chi connectivity index (χ0) is 13.2. The number of aliphatic hydroxyl groups is 1. The summed E-state index contributed by atoms with van der Waals surface area (Å²) >= 11 is 0. The fraction of sp³-hybridized carbons (Fsp3) is 0.333. The number of hydrogen-bond acceptors (Lipinski definition) is 1. The van der Waals surface area contributed by atoms with Crippen LogP contribution in [0.1, 0.15) is 41.5 Å². The Labute approximate surface area is 114 Å². The minimum Gasteiger partial charge on any atom is -0.392 e. The molecule has 1 unspecified atom stereocenters. The van der Waals surface area contributed by atoms with Gasteiger partial charge in [-0.05, 0) is 41.5 Å². The fourth-order valence-electron chi connectivity index (χ4n) is 3.22. The summed E-state index contributed by atoms with van der Waals surface area (Å²) in [5.74, 6) is 0.125. The smallest absolute Gasteiger partial charge is 0.0646 e. The van der Waals surface area contributed by atoms with E-state index in [0.29, 0.717) is 0 Å². The quantitative estimate of drug-likeness (QED) is 0.864. The number of aryl methyl sites for hydroxylation is 2. The van der Waals surface area contributed by atoms with E-state index in [9.17, 15) is 5.11 Å². The molecule has 1 atom stereocenters. The van der Waals surface area contributed by atoms with Gasteiger partial charge in [-0.2, -0.15) is 0 Å². The Morgan fingerprint density at radius 3 is 1.89 bits per heavy atom. The minimum atomic E-state index is -0.305. The molecule has 2 aromatic rings. The predicted octanol–water partition coefficient (Wildman–Crippen LogP) is 3.69. The average molecular weight is 252 g/mol. The lowest BCUT2D eigenvalue weighted by atomic mass is 9.83. The first-order valence-electron chi connectivity index (χ1n) is 7.15. The van der Waals surface area contributed by atoms with Crippen molar-refractivity contribution in [3.63, 3.8) is 0 Å². The molecule has 19 heavy (non-hydrogen) atoms. The lowest BCUT2D eigenvalue weighted by Crippen LogP contribution is -2.20. The molecule has 1 heteroatoms. The van der Waals surface area contributed by atoms with E-state index in [-0.39, 0.29) is 12.0 Å². The summed E-state index contributed by atoms with van der Waals surface area (Å²) in [5, 5.41) is 10.5. The molecule has 0 bridgehead atoms. The van der Waals surface area contributed by atoms with Crippen molar-refractivity contribution in [2.24, 2.45) is 0 Å². The molecule has 0 heterocycles. The standard InChI is InChI=1S/C18H20O/c1-2-17(19)18-15-9-5-3-7-13(15)11-12-14-8-4-6-10-16(14)18/h3-10,17-19H,2,11-12H2,1H3. The summed E-state index contributed by atoms with van der Waals surface area (Å²) < 4.78 is 0. The van der Waals surface area contributed by atoms with Gasteiger partial charge >= 0.3 is 0 Å². The van der Waals surface area contributed by atoms with Gasteiger partial charge in [-0.25, -0.2) is 0 Å². The number of hydrogen-bond donors (Lipinski definition) is 1. The van der Waals surface area contributed by atoms with Gasteiger partial charge in [0.25, 0.3) is 0 Å². The highest BCUT2D eigenvalue weighted by atomic mass is 16.3. The predicted molar refractivity (Wildman–Crippen MR) is 78.4 cm³/mol. The van der Waals surface area contributed by atoms with Crippen molar-refractivity contribution in [3.05, 3.63) is 70.8 Å². The van der Waals surface area contributed by atoms with Crippen LogP contribution >= 0.6 is 0 Å². The molecule has 3 rings (SSSR count). The minimum absolute atomic E-state index is 0.125.